The molecule has 5 N–H and O–H groups in total. The van der Waals surface area contributed by atoms with Crippen LogP contribution >= 0.6 is 0 Å². The quantitative estimate of drug-likeness (QED) is 0.0996. The normalized spacial score (nSPS) is 18.0. The molecule has 59 heavy (non-hydrogen) atoms. The predicted molar refractivity (Wildman–Crippen MR) is 221 cm³/mol. The number of likely N-dealkylation sites (tertiary alicyclic amines) is 2. The summed E-state index contributed by atoms with van der Waals surface area (Å²) in [6.45, 7) is 10.6. The number of carboxylic acid groups (broad SMARTS) is 1. The highest BCUT2D eigenvalue weighted by atomic mass is 16.5. The highest BCUT2D eigenvalue weighted by Crippen LogP contribution is 2.36. The van der Waals surface area contributed by atoms with E-state index in [4.69, 9.17) is 19.7 Å². The molecule has 2 saturated heterocycles. The highest BCUT2D eigenvalue weighted by molar-refractivity contribution is 6.03. The molecule has 2 aliphatic heterocycles. The third kappa shape index (κ3) is 7.31. The summed E-state index contributed by atoms with van der Waals surface area (Å²) in [6, 6.07) is 12.6. The second kappa shape index (κ2) is 15.7. The Balaban J connectivity index is 1.04. The summed E-state index contributed by atoms with van der Waals surface area (Å²) in [5, 5.41) is 16.5. The van der Waals surface area contributed by atoms with E-state index >= 15 is 0 Å². The number of aromatic amines is 2. The number of aromatic nitrogens is 6. The Kier molecular flexibility index (Phi) is 10.5. The van der Waals surface area contributed by atoms with Gasteiger partial charge in [0.15, 0.2) is 0 Å². The molecule has 0 spiro atoms. The molecular weight excluding hydrogens is 753 g/mol. The van der Waals surface area contributed by atoms with Crippen LogP contribution in [0.25, 0.3) is 49.8 Å². The zero-order valence-corrected chi connectivity index (χ0v) is 34.1. The van der Waals surface area contributed by atoms with Crippen LogP contribution in [0.15, 0.2) is 54.9 Å². The van der Waals surface area contributed by atoms with Gasteiger partial charge in [0.25, 0.3) is 0 Å². The molecular formula is C43H50N10O6. The Morgan fingerprint density at radius 1 is 0.780 bits per heavy atom. The van der Waals surface area contributed by atoms with Crippen LogP contribution < -0.4 is 10.6 Å². The van der Waals surface area contributed by atoms with Crippen molar-refractivity contribution in [3.8, 4) is 22.5 Å². The topological polar surface area (TPSA) is 203 Å². The van der Waals surface area contributed by atoms with Crippen LogP contribution in [0.5, 0.6) is 0 Å². The molecule has 16 heteroatoms. The first-order chi connectivity index (χ1) is 28.3. The summed E-state index contributed by atoms with van der Waals surface area (Å²) < 4.78 is 6.94. The molecule has 2 aliphatic rings. The highest BCUT2D eigenvalue weighted by Gasteiger charge is 2.39. The summed E-state index contributed by atoms with van der Waals surface area (Å²) in [4.78, 5) is 75.5. The molecule has 6 heterocycles. The van der Waals surface area contributed by atoms with Gasteiger partial charge >= 0.3 is 12.2 Å². The van der Waals surface area contributed by atoms with Crippen molar-refractivity contribution in [3.05, 3.63) is 72.3 Å². The maximum Gasteiger partial charge on any atom is 0.407 e. The first-order valence-electron chi connectivity index (χ1n) is 20.2. The molecule has 4 aromatic heterocycles. The number of alkyl carbamates (subject to hydrolysis) is 1. The molecule has 2 aromatic carbocycles. The lowest BCUT2D eigenvalue weighted by atomic mass is 10.0. The minimum Gasteiger partial charge on any atom is -0.465 e. The lowest BCUT2D eigenvalue weighted by molar-refractivity contribution is -0.136. The van der Waals surface area contributed by atoms with E-state index < -0.39 is 24.3 Å². The van der Waals surface area contributed by atoms with Crippen LogP contribution in [0.2, 0.25) is 0 Å². The fraction of sp³-hybridized carbons (Fsp3) is 0.419. The predicted octanol–water partition coefficient (Wildman–Crippen LogP) is 6.73. The number of nitrogens with one attached hydrogen (secondary N) is 4. The van der Waals surface area contributed by atoms with Crippen molar-refractivity contribution in [1.29, 1.82) is 0 Å². The number of aryl methyl sites for hydroxylation is 1. The van der Waals surface area contributed by atoms with Crippen molar-refractivity contribution in [2.75, 3.05) is 20.2 Å². The fourth-order valence-electron chi connectivity index (χ4n) is 8.80. The molecule has 0 bridgehead atoms. The molecule has 16 nitrogen and oxygen atoms in total. The van der Waals surface area contributed by atoms with E-state index in [-0.39, 0.29) is 35.7 Å². The Labute approximate surface area is 340 Å². The number of imidazole rings is 2. The Hall–Kier alpha value is -6.45. The molecule has 0 radical (unpaired) electrons. The van der Waals surface area contributed by atoms with Crippen LogP contribution in [-0.4, -0.2) is 101 Å². The molecule has 0 aliphatic carbocycles. The molecule has 2 fully saturated rings. The maximum absolute atomic E-state index is 13.7. The van der Waals surface area contributed by atoms with Crippen LogP contribution in [-0.2, 0) is 14.3 Å². The monoisotopic (exact) mass is 802 g/mol. The molecule has 8 rings (SSSR count). The fourth-order valence-corrected chi connectivity index (χ4v) is 8.80. The summed E-state index contributed by atoms with van der Waals surface area (Å²) in [5.41, 5.74) is 6.40. The average Bonchev–Trinajstić information content (AvgIpc) is 4.06. The van der Waals surface area contributed by atoms with Gasteiger partial charge < -0.3 is 40.2 Å². The molecule has 2 unspecified atom stereocenters. The third-order valence-electron chi connectivity index (χ3n) is 11.8. The van der Waals surface area contributed by atoms with Gasteiger partial charge in [0, 0.05) is 35.0 Å². The van der Waals surface area contributed by atoms with Gasteiger partial charge in [0.1, 0.15) is 29.6 Å². The Morgan fingerprint density at radius 2 is 1.34 bits per heavy atom. The van der Waals surface area contributed by atoms with Gasteiger partial charge in [-0.25, -0.2) is 24.5 Å². The van der Waals surface area contributed by atoms with Gasteiger partial charge in [-0.2, -0.15) is 0 Å². The zero-order chi connectivity index (χ0) is 41.7. The minimum absolute atomic E-state index is 0.122. The summed E-state index contributed by atoms with van der Waals surface area (Å²) >= 11 is 0. The van der Waals surface area contributed by atoms with Gasteiger partial charge in [0.2, 0.25) is 11.8 Å². The average molecular weight is 803 g/mol. The second-order valence-electron chi connectivity index (χ2n) is 16.3. The number of ether oxygens (including phenoxy) is 1. The first-order valence-corrected chi connectivity index (χ1v) is 20.2. The SMILES string of the molecule is COC(=O)NC(C(=O)N1CCC[C@H]1c1ncc(-c2ccc3c(c2)nc(C)n2c4ccc(-c5cnc([C@@H]6CCCN6C(=O)C(NC(=O)O)C(C)C)[nH]5)cc4cc32)[nH]1)C(C)C. The summed E-state index contributed by atoms with van der Waals surface area (Å²) in [6.07, 6.45) is 4.87. The van der Waals surface area contributed by atoms with E-state index in [1.807, 2.05) is 34.6 Å². The standard InChI is InChI=1S/C43H50N10O6/c1-22(2)36(49-42(56)57)40(54)51-15-7-9-33(51)38-44-20-30(47-38)25-12-14-32-27(17-25)19-35-28-13-11-26(18-29(28)46-24(5)53(32)35)31-21-45-39(48-31)34-10-8-16-52(34)41(55)37(23(3)4)50-43(58)59-6/h11-14,17-23,33-34,36-37,49H,7-10,15-16H2,1-6H3,(H,44,47)(H,45,48)(H,50,58)(H,56,57)/t33-,34-,36?,37?/m0/s1. The van der Waals surface area contributed by atoms with Crippen LogP contribution in [0.4, 0.5) is 9.59 Å². The molecule has 4 atom stereocenters. The summed E-state index contributed by atoms with van der Waals surface area (Å²) in [5.74, 6) is 1.51. The number of benzene rings is 2. The number of hydrogen-bond acceptors (Lipinski definition) is 8. The van der Waals surface area contributed by atoms with Gasteiger partial charge in [-0.15, -0.1) is 0 Å². The number of rotatable bonds is 10. The van der Waals surface area contributed by atoms with Crippen molar-refractivity contribution in [2.45, 2.75) is 84.5 Å². The number of H-pyrrole nitrogens is 2. The van der Waals surface area contributed by atoms with E-state index in [2.05, 4.69) is 67.5 Å². The molecule has 308 valence electrons. The molecule has 4 amide bonds. The van der Waals surface area contributed by atoms with E-state index in [0.717, 1.165) is 81.3 Å². The Bertz CT molecular complexity index is 2590. The maximum atomic E-state index is 13.7. The van der Waals surface area contributed by atoms with Crippen LogP contribution in [0.3, 0.4) is 0 Å². The van der Waals surface area contributed by atoms with Crippen LogP contribution in [0, 0.1) is 18.8 Å². The number of carbonyl (C=O) groups is 4. The molecule has 0 saturated carbocycles. The largest absolute Gasteiger partial charge is 0.465 e. The van der Waals surface area contributed by atoms with E-state index in [9.17, 15) is 24.3 Å². The van der Waals surface area contributed by atoms with Crippen molar-refractivity contribution in [3.63, 3.8) is 0 Å². The number of hydrogen-bond donors (Lipinski definition) is 5. The smallest absolute Gasteiger partial charge is 0.407 e. The zero-order valence-electron chi connectivity index (χ0n) is 34.1. The lowest BCUT2D eigenvalue weighted by Crippen LogP contribution is -2.51. The number of nitrogens with zero attached hydrogens (tertiary/aromatic N) is 6. The molecule has 6 aromatic rings. The van der Waals surface area contributed by atoms with Gasteiger partial charge in [-0.1, -0.05) is 45.9 Å². The van der Waals surface area contributed by atoms with E-state index in [1.165, 1.54) is 7.11 Å². The number of methoxy groups -OCH3 is 1. The third-order valence-corrected chi connectivity index (χ3v) is 11.8. The summed E-state index contributed by atoms with van der Waals surface area (Å²) in [7, 11) is 1.29. The van der Waals surface area contributed by atoms with Crippen molar-refractivity contribution in [1.82, 2.24) is 49.8 Å². The van der Waals surface area contributed by atoms with E-state index in [1.54, 1.807) is 22.2 Å². The van der Waals surface area contributed by atoms with Crippen molar-refractivity contribution in [2.24, 2.45) is 11.8 Å². The Morgan fingerprint density at radius 3 is 1.90 bits per heavy atom. The van der Waals surface area contributed by atoms with Crippen molar-refractivity contribution < 1.29 is 29.0 Å². The van der Waals surface area contributed by atoms with Gasteiger partial charge in [0.05, 0.1) is 59.5 Å². The number of fused-ring (bicyclic) bond motifs is 5. The lowest BCUT2D eigenvalue weighted by Gasteiger charge is -2.30. The second-order valence-corrected chi connectivity index (χ2v) is 16.3. The first kappa shape index (κ1) is 39.4. The van der Waals surface area contributed by atoms with Crippen LogP contribution in [0.1, 0.15) is 82.9 Å². The number of amides is 4. The van der Waals surface area contributed by atoms with E-state index in [0.29, 0.717) is 24.7 Å². The van der Waals surface area contributed by atoms with Gasteiger partial charge in [-0.3, -0.25) is 14.0 Å². The number of carbonyl (C=O) groups excluding carboxylic acids is 3. The van der Waals surface area contributed by atoms with Crippen molar-refractivity contribution >= 4 is 51.3 Å². The van der Waals surface area contributed by atoms with Gasteiger partial charge in [-0.05, 0) is 68.7 Å². The minimum atomic E-state index is -1.22.